The van der Waals surface area contributed by atoms with E-state index in [1.807, 2.05) is 53.2 Å². The molecule has 0 bridgehead atoms. The molecule has 8 heteroatoms. The number of para-hydroxylation sites is 1. The fourth-order valence-corrected chi connectivity index (χ4v) is 3.98. The summed E-state index contributed by atoms with van der Waals surface area (Å²) < 4.78 is 1.98. The summed E-state index contributed by atoms with van der Waals surface area (Å²) in [5, 5.41) is 3.93. The number of aromatic nitrogens is 3. The number of amides is 2. The number of nitrogens with zero attached hydrogens (tertiary/aromatic N) is 4. The standard InChI is InChI=1S/C21H26N6O2/c1-15(28)24-19(13-16-14-23-18-6-4-3-5-17(16)18)20(29)26-9-11-27(12-10-26)21-22-7-8-25(21)2/h3-8,14,19,23H,9-13H2,1-2H3,(H,24,28). The van der Waals surface area contributed by atoms with Gasteiger partial charge in [-0.3, -0.25) is 9.59 Å². The second-order valence-corrected chi connectivity index (χ2v) is 7.47. The van der Waals surface area contributed by atoms with Gasteiger partial charge in [0.25, 0.3) is 0 Å². The first-order valence-electron chi connectivity index (χ1n) is 9.86. The number of anilines is 1. The quantitative estimate of drug-likeness (QED) is 0.683. The predicted molar refractivity (Wildman–Crippen MR) is 112 cm³/mol. The number of hydrogen-bond acceptors (Lipinski definition) is 4. The van der Waals surface area contributed by atoms with Crippen LogP contribution in [0.5, 0.6) is 0 Å². The highest BCUT2D eigenvalue weighted by Crippen LogP contribution is 2.20. The van der Waals surface area contributed by atoms with Crippen LogP contribution in [0, 0.1) is 0 Å². The van der Waals surface area contributed by atoms with Crippen LogP contribution < -0.4 is 10.2 Å². The molecule has 1 aliphatic heterocycles. The highest BCUT2D eigenvalue weighted by molar-refractivity contribution is 5.89. The molecule has 2 aromatic heterocycles. The molecule has 1 fully saturated rings. The minimum atomic E-state index is -0.577. The molecular weight excluding hydrogens is 368 g/mol. The minimum absolute atomic E-state index is 0.0371. The Morgan fingerprint density at radius 2 is 1.97 bits per heavy atom. The first-order valence-corrected chi connectivity index (χ1v) is 9.86. The molecule has 0 saturated carbocycles. The number of imidazole rings is 1. The third-order valence-corrected chi connectivity index (χ3v) is 5.44. The smallest absolute Gasteiger partial charge is 0.245 e. The summed E-state index contributed by atoms with van der Waals surface area (Å²) in [7, 11) is 1.97. The number of benzene rings is 1. The Kier molecular flexibility index (Phi) is 5.24. The Balaban J connectivity index is 1.46. The number of rotatable bonds is 5. The Hall–Kier alpha value is -3.29. The van der Waals surface area contributed by atoms with Gasteiger partial charge in [-0.15, -0.1) is 0 Å². The molecule has 0 aliphatic carbocycles. The molecule has 1 aliphatic rings. The number of aromatic amines is 1. The lowest BCUT2D eigenvalue weighted by Crippen LogP contribution is -2.55. The normalized spacial score (nSPS) is 15.5. The van der Waals surface area contributed by atoms with Crippen LogP contribution in [-0.4, -0.2) is 63.5 Å². The van der Waals surface area contributed by atoms with Crippen LogP contribution in [0.15, 0.2) is 42.9 Å². The molecular formula is C21H26N6O2. The van der Waals surface area contributed by atoms with Crippen molar-refractivity contribution in [3.05, 3.63) is 48.4 Å². The van der Waals surface area contributed by atoms with Crippen LogP contribution in [0.4, 0.5) is 5.95 Å². The van der Waals surface area contributed by atoms with Gasteiger partial charge in [0.15, 0.2) is 0 Å². The number of hydrogen-bond donors (Lipinski definition) is 2. The number of H-pyrrole nitrogens is 1. The highest BCUT2D eigenvalue weighted by atomic mass is 16.2. The van der Waals surface area contributed by atoms with E-state index in [0.717, 1.165) is 35.5 Å². The van der Waals surface area contributed by atoms with Gasteiger partial charge in [-0.05, 0) is 11.6 Å². The SMILES string of the molecule is CC(=O)NC(Cc1c[nH]c2ccccc12)C(=O)N1CCN(c2nccn2C)CC1. The summed E-state index contributed by atoms with van der Waals surface area (Å²) in [6, 6.07) is 7.41. The maximum atomic E-state index is 13.2. The number of carbonyl (C=O) groups excluding carboxylic acids is 2. The van der Waals surface area contributed by atoms with Crippen molar-refractivity contribution >= 4 is 28.7 Å². The van der Waals surface area contributed by atoms with E-state index in [4.69, 9.17) is 0 Å². The van der Waals surface area contributed by atoms with E-state index >= 15 is 0 Å². The van der Waals surface area contributed by atoms with Gasteiger partial charge in [-0.2, -0.15) is 0 Å². The van der Waals surface area contributed by atoms with Crippen molar-refractivity contribution in [2.45, 2.75) is 19.4 Å². The van der Waals surface area contributed by atoms with Crippen molar-refractivity contribution in [2.75, 3.05) is 31.1 Å². The highest BCUT2D eigenvalue weighted by Gasteiger charge is 2.29. The van der Waals surface area contributed by atoms with Crippen LogP contribution in [0.3, 0.4) is 0 Å². The van der Waals surface area contributed by atoms with E-state index in [1.165, 1.54) is 6.92 Å². The van der Waals surface area contributed by atoms with Crippen LogP contribution in [0.1, 0.15) is 12.5 Å². The monoisotopic (exact) mass is 394 g/mol. The lowest BCUT2D eigenvalue weighted by atomic mass is 10.0. The molecule has 3 aromatic rings. The van der Waals surface area contributed by atoms with Gasteiger partial charge in [-0.1, -0.05) is 18.2 Å². The van der Waals surface area contributed by atoms with Crippen molar-refractivity contribution in [1.29, 1.82) is 0 Å². The number of carbonyl (C=O) groups is 2. The van der Waals surface area contributed by atoms with E-state index in [-0.39, 0.29) is 11.8 Å². The molecule has 1 aromatic carbocycles. The van der Waals surface area contributed by atoms with Gasteiger partial charge in [-0.25, -0.2) is 4.98 Å². The van der Waals surface area contributed by atoms with Crippen molar-refractivity contribution in [3.63, 3.8) is 0 Å². The van der Waals surface area contributed by atoms with E-state index in [2.05, 4.69) is 20.2 Å². The Bertz CT molecular complexity index is 1020. The molecule has 1 saturated heterocycles. The molecule has 1 atom stereocenters. The molecule has 29 heavy (non-hydrogen) atoms. The van der Waals surface area contributed by atoms with Crippen molar-refractivity contribution < 1.29 is 9.59 Å². The third kappa shape index (κ3) is 3.96. The van der Waals surface area contributed by atoms with E-state index in [1.54, 1.807) is 6.20 Å². The van der Waals surface area contributed by atoms with Crippen molar-refractivity contribution in [2.24, 2.45) is 7.05 Å². The second kappa shape index (κ2) is 7.98. The van der Waals surface area contributed by atoms with Gasteiger partial charge in [0.05, 0.1) is 0 Å². The largest absolute Gasteiger partial charge is 0.361 e. The van der Waals surface area contributed by atoms with Crippen molar-refractivity contribution in [3.8, 4) is 0 Å². The average Bonchev–Trinajstić information content (AvgIpc) is 3.33. The molecule has 8 nitrogen and oxygen atoms in total. The van der Waals surface area contributed by atoms with Crippen molar-refractivity contribution in [1.82, 2.24) is 24.8 Å². The fourth-order valence-electron chi connectivity index (χ4n) is 3.98. The van der Waals surface area contributed by atoms with E-state index < -0.39 is 6.04 Å². The third-order valence-electron chi connectivity index (χ3n) is 5.44. The first kappa shape index (κ1) is 19.0. The Morgan fingerprint density at radius 3 is 2.66 bits per heavy atom. The zero-order valence-corrected chi connectivity index (χ0v) is 16.8. The summed E-state index contributed by atoms with van der Waals surface area (Å²) in [6.07, 6.45) is 6.08. The van der Waals surface area contributed by atoms with Crippen LogP contribution in [0.2, 0.25) is 0 Å². The molecule has 0 spiro atoms. The first-order chi connectivity index (χ1) is 14.0. The lowest BCUT2D eigenvalue weighted by Gasteiger charge is -2.37. The van der Waals surface area contributed by atoms with Gasteiger partial charge < -0.3 is 24.7 Å². The maximum Gasteiger partial charge on any atom is 0.245 e. The second-order valence-electron chi connectivity index (χ2n) is 7.47. The van der Waals surface area contributed by atoms with Crippen LogP contribution >= 0.6 is 0 Å². The lowest BCUT2D eigenvalue weighted by molar-refractivity contribution is -0.136. The summed E-state index contributed by atoms with van der Waals surface area (Å²) in [5.41, 5.74) is 2.06. The Labute approximate surface area is 169 Å². The van der Waals surface area contributed by atoms with E-state index in [0.29, 0.717) is 19.5 Å². The maximum absolute atomic E-state index is 13.2. The predicted octanol–water partition coefficient (Wildman–Crippen LogP) is 1.30. The summed E-state index contributed by atoms with van der Waals surface area (Å²) in [6.45, 7) is 4.10. The Morgan fingerprint density at radius 1 is 1.21 bits per heavy atom. The zero-order chi connectivity index (χ0) is 20.4. The summed E-state index contributed by atoms with van der Waals surface area (Å²) in [4.78, 5) is 36.6. The van der Waals surface area contributed by atoms with Crippen LogP contribution in [0.25, 0.3) is 10.9 Å². The van der Waals surface area contributed by atoms with Gasteiger partial charge in [0.1, 0.15) is 6.04 Å². The van der Waals surface area contributed by atoms with E-state index in [9.17, 15) is 9.59 Å². The molecule has 2 amide bonds. The molecule has 152 valence electrons. The molecule has 4 rings (SSSR count). The van der Waals surface area contributed by atoms with Gasteiger partial charge in [0, 0.05) is 76.1 Å². The number of nitrogens with one attached hydrogen (secondary N) is 2. The average molecular weight is 394 g/mol. The minimum Gasteiger partial charge on any atom is -0.361 e. The summed E-state index contributed by atoms with van der Waals surface area (Å²) in [5.74, 6) is 0.675. The van der Waals surface area contributed by atoms with Gasteiger partial charge in [0.2, 0.25) is 17.8 Å². The van der Waals surface area contributed by atoms with Gasteiger partial charge >= 0.3 is 0 Å². The van der Waals surface area contributed by atoms with Crippen LogP contribution in [-0.2, 0) is 23.1 Å². The molecule has 1 unspecified atom stereocenters. The topological polar surface area (TPSA) is 86.3 Å². The zero-order valence-electron chi connectivity index (χ0n) is 16.8. The fraction of sp³-hybridized carbons (Fsp3) is 0.381. The molecule has 2 N–H and O–H groups in total. The molecule has 3 heterocycles. The number of fused-ring (bicyclic) bond motifs is 1. The summed E-state index contributed by atoms with van der Waals surface area (Å²) >= 11 is 0. The number of piperazine rings is 1. The number of aryl methyl sites for hydroxylation is 1. The molecule has 0 radical (unpaired) electrons.